The number of hydrogen-bond donors (Lipinski definition) is 1. The molecule has 1 fully saturated rings. The zero-order chi connectivity index (χ0) is 24.2. The van der Waals surface area contributed by atoms with Gasteiger partial charge in [0, 0.05) is 37.4 Å². The fourth-order valence-corrected chi connectivity index (χ4v) is 4.26. The Balaban J connectivity index is 1.22. The van der Waals surface area contributed by atoms with Crippen molar-refractivity contribution in [3.8, 4) is 5.82 Å². The summed E-state index contributed by atoms with van der Waals surface area (Å²) in [6.45, 7) is 2.56. The van der Waals surface area contributed by atoms with Crippen molar-refractivity contribution in [2.24, 2.45) is 0 Å². The fraction of sp³-hybridized carbons (Fsp3) is 0.160. The first kappa shape index (κ1) is 22.5. The van der Waals surface area contributed by atoms with Gasteiger partial charge in [0.1, 0.15) is 24.2 Å². The third kappa shape index (κ3) is 4.99. The topological polar surface area (TPSA) is 96.2 Å². The van der Waals surface area contributed by atoms with Crippen molar-refractivity contribution in [3.05, 3.63) is 95.7 Å². The number of amides is 2. The van der Waals surface area contributed by atoms with Gasteiger partial charge in [-0.25, -0.2) is 4.98 Å². The van der Waals surface area contributed by atoms with Gasteiger partial charge in [-0.3, -0.25) is 14.2 Å². The van der Waals surface area contributed by atoms with Crippen LogP contribution in [-0.2, 0) is 0 Å². The van der Waals surface area contributed by atoms with E-state index in [2.05, 4.69) is 25.4 Å². The summed E-state index contributed by atoms with van der Waals surface area (Å²) in [7, 11) is 0. The quantitative estimate of drug-likeness (QED) is 0.462. The van der Waals surface area contributed by atoms with Gasteiger partial charge in [0.05, 0.1) is 10.7 Å². The lowest BCUT2D eigenvalue weighted by atomic mass is 10.1. The van der Waals surface area contributed by atoms with Crippen LogP contribution in [0.4, 0.5) is 11.4 Å². The lowest BCUT2D eigenvalue weighted by Crippen LogP contribution is -2.48. The van der Waals surface area contributed by atoms with Crippen molar-refractivity contribution in [2.45, 2.75) is 0 Å². The van der Waals surface area contributed by atoms with Crippen molar-refractivity contribution in [2.75, 3.05) is 36.4 Å². The van der Waals surface area contributed by atoms with Gasteiger partial charge in [0.15, 0.2) is 0 Å². The molecule has 3 heterocycles. The molecule has 35 heavy (non-hydrogen) atoms. The maximum Gasteiger partial charge on any atom is 0.274 e. The summed E-state index contributed by atoms with van der Waals surface area (Å²) in [6.07, 6.45) is 3.03. The van der Waals surface area contributed by atoms with Gasteiger partial charge >= 0.3 is 0 Å². The average Bonchev–Trinajstić information content (AvgIpc) is 3.44. The molecule has 2 amide bonds. The van der Waals surface area contributed by atoms with Crippen molar-refractivity contribution in [1.29, 1.82) is 0 Å². The summed E-state index contributed by atoms with van der Waals surface area (Å²) in [4.78, 5) is 33.8. The van der Waals surface area contributed by atoms with E-state index in [1.165, 1.54) is 12.7 Å². The molecule has 0 saturated carbocycles. The van der Waals surface area contributed by atoms with Crippen LogP contribution in [0.5, 0.6) is 0 Å². The number of nitrogens with zero attached hydrogens (tertiary/aromatic N) is 6. The zero-order valence-corrected chi connectivity index (χ0v) is 19.5. The molecule has 2 aromatic heterocycles. The van der Waals surface area contributed by atoms with Crippen LogP contribution in [0.15, 0.2) is 79.4 Å². The molecule has 0 bridgehead atoms. The van der Waals surface area contributed by atoms with Crippen molar-refractivity contribution in [1.82, 2.24) is 24.6 Å². The number of rotatable bonds is 5. The number of benzene rings is 2. The molecule has 0 unspecified atom stereocenters. The molecule has 10 heteroatoms. The Hall–Kier alpha value is -4.24. The summed E-state index contributed by atoms with van der Waals surface area (Å²) in [5.41, 5.74) is 2.39. The molecule has 1 aliphatic heterocycles. The van der Waals surface area contributed by atoms with Crippen LogP contribution in [0, 0.1) is 0 Å². The van der Waals surface area contributed by atoms with E-state index in [0.29, 0.717) is 48.3 Å². The lowest BCUT2D eigenvalue weighted by Gasteiger charge is -2.36. The number of hydrogen-bond acceptors (Lipinski definition) is 6. The minimum Gasteiger partial charge on any atom is -0.367 e. The third-order valence-electron chi connectivity index (χ3n) is 5.78. The van der Waals surface area contributed by atoms with Gasteiger partial charge in [0.25, 0.3) is 11.8 Å². The third-order valence-corrected chi connectivity index (χ3v) is 6.09. The molecule has 1 aliphatic rings. The SMILES string of the molecule is O=C(Nc1ccc(N2CCN(C(=O)c3ccccc3)CC2)c(Cl)c1)c1cccc(-n2cnnc2)n1. The second kappa shape index (κ2) is 9.94. The van der Waals surface area contributed by atoms with E-state index in [0.717, 1.165) is 5.69 Å². The smallest absolute Gasteiger partial charge is 0.274 e. The van der Waals surface area contributed by atoms with Gasteiger partial charge in [-0.15, -0.1) is 10.2 Å². The highest BCUT2D eigenvalue weighted by Gasteiger charge is 2.23. The van der Waals surface area contributed by atoms with E-state index in [4.69, 9.17) is 11.6 Å². The molecule has 176 valence electrons. The molecule has 1 N–H and O–H groups in total. The van der Waals surface area contributed by atoms with Crippen LogP contribution in [0.25, 0.3) is 5.82 Å². The van der Waals surface area contributed by atoms with E-state index in [1.54, 1.807) is 28.8 Å². The number of carbonyl (C=O) groups excluding carboxylic acids is 2. The van der Waals surface area contributed by atoms with Gasteiger partial charge in [-0.05, 0) is 42.5 Å². The number of nitrogens with one attached hydrogen (secondary N) is 1. The van der Waals surface area contributed by atoms with Gasteiger partial charge < -0.3 is 15.1 Å². The first-order chi connectivity index (χ1) is 17.1. The molecule has 9 nitrogen and oxygen atoms in total. The summed E-state index contributed by atoms with van der Waals surface area (Å²) in [5.74, 6) is 0.231. The normalized spacial score (nSPS) is 13.5. The molecule has 0 spiro atoms. The summed E-state index contributed by atoms with van der Waals surface area (Å²) >= 11 is 6.57. The van der Waals surface area contributed by atoms with Crippen molar-refractivity contribution >= 4 is 34.8 Å². The first-order valence-corrected chi connectivity index (χ1v) is 11.5. The second-order valence-corrected chi connectivity index (χ2v) is 8.42. The maximum absolute atomic E-state index is 12.7. The van der Waals surface area contributed by atoms with E-state index in [1.807, 2.05) is 47.4 Å². The van der Waals surface area contributed by atoms with Gasteiger partial charge in [0.2, 0.25) is 0 Å². The van der Waals surface area contributed by atoms with E-state index in [-0.39, 0.29) is 17.5 Å². The first-order valence-electron chi connectivity index (χ1n) is 11.1. The Kier molecular flexibility index (Phi) is 6.40. The lowest BCUT2D eigenvalue weighted by molar-refractivity contribution is 0.0746. The van der Waals surface area contributed by atoms with Crippen LogP contribution in [-0.4, -0.2) is 62.6 Å². The highest BCUT2D eigenvalue weighted by atomic mass is 35.5. The minimum absolute atomic E-state index is 0.0383. The maximum atomic E-state index is 12.7. The summed E-state index contributed by atoms with van der Waals surface area (Å²) in [5, 5.41) is 10.9. The second-order valence-electron chi connectivity index (χ2n) is 8.02. The van der Waals surface area contributed by atoms with Crippen LogP contribution >= 0.6 is 11.6 Å². The number of piperazine rings is 1. The van der Waals surface area contributed by atoms with Gasteiger partial charge in [-0.2, -0.15) is 0 Å². The largest absolute Gasteiger partial charge is 0.367 e. The van der Waals surface area contributed by atoms with E-state index in [9.17, 15) is 9.59 Å². The molecule has 2 aromatic carbocycles. The Bertz CT molecular complexity index is 1340. The molecule has 0 aliphatic carbocycles. The van der Waals surface area contributed by atoms with Crippen LogP contribution in [0.3, 0.4) is 0 Å². The molecule has 5 rings (SSSR count). The number of carbonyl (C=O) groups is 2. The Morgan fingerprint density at radius 2 is 1.60 bits per heavy atom. The average molecular weight is 488 g/mol. The van der Waals surface area contributed by atoms with Gasteiger partial charge in [-0.1, -0.05) is 35.9 Å². The fourth-order valence-electron chi connectivity index (χ4n) is 3.96. The Labute approximate surface area is 207 Å². The van der Waals surface area contributed by atoms with Crippen LogP contribution in [0.1, 0.15) is 20.8 Å². The van der Waals surface area contributed by atoms with Crippen molar-refractivity contribution < 1.29 is 9.59 Å². The molecule has 1 saturated heterocycles. The Morgan fingerprint density at radius 3 is 2.31 bits per heavy atom. The number of anilines is 2. The monoisotopic (exact) mass is 487 g/mol. The summed E-state index contributed by atoms with van der Waals surface area (Å²) < 4.78 is 1.62. The number of aromatic nitrogens is 4. The molecule has 4 aromatic rings. The van der Waals surface area contributed by atoms with Crippen LogP contribution in [0.2, 0.25) is 5.02 Å². The van der Waals surface area contributed by atoms with Crippen LogP contribution < -0.4 is 10.2 Å². The molecular formula is C25H22ClN7O2. The Morgan fingerprint density at radius 1 is 0.857 bits per heavy atom. The number of pyridine rings is 1. The molecular weight excluding hydrogens is 466 g/mol. The van der Waals surface area contributed by atoms with E-state index < -0.39 is 0 Å². The minimum atomic E-state index is -0.350. The predicted octanol–water partition coefficient (Wildman–Crippen LogP) is 3.53. The molecule has 0 radical (unpaired) electrons. The zero-order valence-electron chi connectivity index (χ0n) is 18.7. The van der Waals surface area contributed by atoms with Crippen molar-refractivity contribution in [3.63, 3.8) is 0 Å². The standard InChI is InChI=1S/C25H22ClN7O2/c26-20-15-19(29-24(34)21-7-4-8-23(30-21)33-16-27-28-17-33)9-10-22(20)31-11-13-32(14-12-31)25(35)18-5-2-1-3-6-18/h1-10,15-17H,11-14H2,(H,29,34). The highest BCUT2D eigenvalue weighted by molar-refractivity contribution is 6.33. The predicted molar refractivity (Wildman–Crippen MR) is 133 cm³/mol. The summed E-state index contributed by atoms with van der Waals surface area (Å²) in [6, 6.07) is 19.9. The molecule has 0 atom stereocenters. The van der Waals surface area contributed by atoms with E-state index >= 15 is 0 Å². The highest BCUT2D eigenvalue weighted by Crippen LogP contribution is 2.30. The number of halogens is 1.